The van der Waals surface area contributed by atoms with Crippen LogP contribution in [0.5, 0.6) is 5.75 Å². The van der Waals surface area contributed by atoms with Gasteiger partial charge in [-0.25, -0.2) is 4.79 Å². The SMILES string of the molecule is Cc1cc(=O)oc2c(C[NH2+]C(C)C(=O)[O-])c(O)ccc12. The molecule has 20 heavy (non-hydrogen) atoms. The van der Waals surface area contributed by atoms with Crippen molar-refractivity contribution < 1.29 is 24.7 Å². The van der Waals surface area contributed by atoms with E-state index in [1.54, 1.807) is 13.0 Å². The molecule has 1 heterocycles. The molecule has 0 fully saturated rings. The predicted octanol–water partition coefficient (Wildman–Crippen LogP) is -0.991. The number of fused-ring (bicyclic) bond motifs is 1. The number of rotatable bonds is 4. The lowest BCUT2D eigenvalue weighted by atomic mass is 10.1. The van der Waals surface area contributed by atoms with Gasteiger partial charge in [-0.3, -0.25) is 0 Å². The summed E-state index contributed by atoms with van der Waals surface area (Å²) in [6.45, 7) is 3.43. The zero-order valence-electron chi connectivity index (χ0n) is 11.2. The van der Waals surface area contributed by atoms with Crippen LogP contribution in [-0.2, 0) is 11.3 Å². The monoisotopic (exact) mass is 277 g/mol. The molecule has 1 unspecified atom stereocenters. The van der Waals surface area contributed by atoms with E-state index in [0.717, 1.165) is 5.56 Å². The summed E-state index contributed by atoms with van der Waals surface area (Å²) in [6, 6.07) is 3.77. The minimum absolute atomic E-state index is 0.0342. The molecule has 1 aromatic heterocycles. The molecular weight excluding hydrogens is 262 g/mol. The molecule has 106 valence electrons. The summed E-state index contributed by atoms with van der Waals surface area (Å²) in [6.07, 6.45) is 0. The lowest BCUT2D eigenvalue weighted by Gasteiger charge is -2.13. The first-order chi connectivity index (χ1) is 9.40. The number of hydrogen-bond acceptors (Lipinski definition) is 5. The average Bonchev–Trinajstić information content (AvgIpc) is 2.36. The van der Waals surface area contributed by atoms with Crippen LogP contribution in [0.3, 0.4) is 0 Å². The Kier molecular flexibility index (Phi) is 3.76. The summed E-state index contributed by atoms with van der Waals surface area (Å²) in [7, 11) is 0. The second kappa shape index (κ2) is 5.34. The zero-order chi connectivity index (χ0) is 14.9. The Morgan fingerprint density at radius 2 is 2.20 bits per heavy atom. The highest BCUT2D eigenvalue weighted by molar-refractivity contribution is 5.84. The lowest BCUT2D eigenvalue weighted by Crippen LogP contribution is -2.90. The van der Waals surface area contributed by atoms with Crippen molar-refractivity contribution in [2.24, 2.45) is 0 Å². The van der Waals surface area contributed by atoms with Gasteiger partial charge in [0, 0.05) is 11.5 Å². The van der Waals surface area contributed by atoms with Gasteiger partial charge >= 0.3 is 5.63 Å². The van der Waals surface area contributed by atoms with Crippen molar-refractivity contribution in [3.8, 4) is 5.75 Å². The van der Waals surface area contributed by atoms with Crippen LogP contribution in [0.25, 0.3) is 11.0 Å². The van der Waals surface area contributed by atoms with E-state index in [0.29, 0.717) is 10.9 Å². The van der Waals surface area contributed by atoms with Crippen molar-refractivity contribution >= 4 is 16.9 Å². The highest BCUT2D eigenvalue weighted by Crippen LogP contribution is 2.27. The van der Waals surface area contributed by atoms with Gasteiger partial charge in [0.15, 0.2) is 5.58 Å². The third-order valence-electron chi connectivity index (χ3n) is 3.24. The van der Waals surface area contributed by atoms with E-state index >= 15 is 0 Å². The molecule has 0 aliphatic heterocycles. The minimum atomic E-state index is -1.19. The van der Waals surface area contributed by atoms with E-state index in [9.17, 15) is 19.8 Å². The third kappa shape index (κ3) is 2.65. The number of carboxylic acids is 1. The summed E-state index contributed by atoms with van der Waals surface area (Å²) < 4.78 is 5.15. The van der Waals surface area contributed by atoms with E-state index in [-0.39, 0.29) is 17.9 Å². The Labute approximate surface area is 114 Å². The molecule has 1 atom stereocenters. The molecule has 0 bridgehead atoms. The van der Waals surface area contributed by atoms with Crippen molar-refractivity contribution in [3.05, 3.63) is 39.7 Å². The quantitative estimate of drug-likeness (QED) is 0.698. The highest BCUT2D eigenvalue weighted by atomic mass is 16.4. The predicted molar refractivity (Wildman–Crippen MR) is 69.0 cm³/mol. The molecule has 6 heteroatoms. The third-order valence-corrected chi connectivity index (χ3v) is 3.24. The molecule has 0 saturated carbocycles. The summed E-state index contributed by atoms with van der Waals surface area (Å²) in [5.74, 6) is -1.23. The Morgan fingerprint density at radius 3 is 2.85 bits per heavy atom. The molecule has 2 aromatic rings. The summed E-state index contributed by atoms with van der Waals surface area (Å²) in [5, 5.41) is 22.8. The molecule has 6 nitrogen and oxygen atoms in total. The number of carbonyl (C=O) groups is 1. The Bertz CT molecular complexity index is 719. The van der Waals surface area contributed by atoms with Crippen LogP contribution in [-0.4, -0.2) is 17.1 Å². The Balaban J connectivity index is 2.48. The molecule has 0 radical (unpaired) electrons. The maximum Gasteiger partial charge on any atom is 0.336 e. The first-order valence-electron chi connectivity index (χ1n) is 6.19. The Hall–Kier alpha value is -2.34. The molecule has 3 N–H and O–H groups in total. The largest absolute Gasteiger partial charge is 0.544 e. The zero-order valence-corrected chi connectivity index (χ0v) is 11.2. The number of carboxylic acid groups (broad SMARTS) is 1. The number of nitrogens with two attached hydrogens (primary N) is 1. The lowest BCUT2D eigenvalue weighted by molar-refractivity contribution is -0.695. The van der Waals surface area contributed by atoms with Crippen molar-refractivity contribution in [2.75, 3.05) is 0 Å². The van der Waals surface area contributed by atoms with Crippen LogP contribution in [0.15, 0.2) is 27.4 Å². The molecule has 1 aromatic carbocycles. The summed E-state index contributed by atoms with van der Waals surface area (Å²) in [5.41, 5.74) is 0.924. The number of quaternary nitrogens is 1. The average molecular weight is 277 g/mol. The first-order valence-corrected chi connectivity index (χ1v) is 6.19. The summed E-state index contributed by atoms with van der Waals surface area (Å²) in [4.78, 5) is 22.2. The molecular formula is C14H15NO5. The van der Waals surface area contributed by atoms with E-state index in [1.165, 1.54) is 24.4 Å². The van der Waals surface area contributed by atoms with E-state index in [4.69, 9.17) is 4.42 Å². The number of phenolic OH excluding ortho intramolecular Hbond substituents is 1. The van der Waals surface area contributed by atoms with Gasteiger partial charge in [-0.1, -0.05) is 0 Å². The van der Waals surface area contributed by atoms with Crippen molar-refractivity contribution in [3.63, 3.8) is 0 Å². The van der Waals surface area contributed by atoms with Gasteiger partial charge < -0.3 is 24.7 Å². The van der Waals surface area contributed by atoms with Crippen molar-refractivity contribution in [2.45, 2.75) is 26.4 Å². The van der Waals surface area contributed by atoms with Gasteiger partial charge in [0.25, 0.3) is 0 Å². The normalized spacial score (nSPS) is 12.5. The topological polar surface area (TPSA) is 107 Å². The van der Waals surface area contributed by atoms with E-state index < -0.39 is 17.6 Å². The van der Waals surface area contributed by atoms with Crippen LogP contribution in [0.1, 0.15) is 18.1 Å². The van der Waals surface area contributed by atoms with E-state index in [1.807, 2.05) is 0 Å². The highest BCUT2D eigenvalue weighted by Gasteiger charge is 2.15. The molecule has 0 aliphatic rings. The van der Waals surface area contributed by atoms with Gasteiger partial charge in [0.05, 0.1) is 11.5 Å². The maximum atomic E-state index is 11.5. The fourth-order valence-corrected chi connectivity index (χ4v) is 2.02. The van der Waals surface area contributed by atoms with Crippen LogP contribution in [0.4, 0.5) is 0 Å². The van der Waals surface area contributed by atoms with Gasteiger partial charge in [-0.15, -0.1) is 0 Å². The molecule has 0 amide bonds. The molecule has 0 saturated heterocycles. The fraction of sp³-hybridized carbons (Fsp3) is 0.286. The number of aromatic hydroxyl groups is 1. The van der Waals surface area contributed by atoms with Crippen LogP contribution in [0.2, 0.25) is 0 Å². The molecule has 2 rings (SSSR count). The number of hydrogen-bond donors (Lipinski definition) is 2. The number of aliphatic carboxylic acids is 1. The number of carbonyl (C=O) groups excluding carboxylic acids is 1. The number of phenols is 1. The molecule has 0 aliphatic carbocycles. The fourth-order valence-electron chi connectivity index (χ4n) is 2.02. The van der Waals surface area contributed by atoms with Crippen LogP contribution in [0, 0.1) is 6.92 Å². The second-order valence-corrected chi connectivity index (χ2v) is 4.74. The Morgan fingerprint density at radius 1 is 1.50 bits per heavy atom. The maximum absolute atomic E-state index is 11.5. The molecule has 0 spiro atoms. The second-order valence-electron chi connectivity index (χ2n) is 4.74. The van der Waals surface area contributed by atoms with Crippen LogP contribution < -0.4 is 16.0 Å². The van der Waals surface area contributed by atoms with Gasteiger partial charge in [0.1, 0.15) is 18.3 Å². The van der Waals surface area contributed by atoms with Crippen LogP contribution >= 0.6 is 0 Å². The van der Waals surface area contributed by atoms with Crippen molar-refractivity contribution in [1.29, 1.82) is 0 Å². The first kappa shape index (κ1) is 14.1. The standard InChI is InChI=1S/C14H15NO5/c1-7-5-12(17)20-13-9(7)3-4-11(16)10(13)6-15-8(2)14(18)19/h3-5,8,15-16H,6H2,1-2H3,(H,18,19). The summed E-state index contributed by atoms with van der Waals surface area (Å²) >= 11 is 0. The number of benzene rings is 1. The van der Waals surface area contributed by atoms with Gasteiger partial charge in [-0.05, 0) is 31.5 Å². The van der Waals surface area contributed by atoms with E-state index in [2.05, 4.69) is 0 Å². The number of aryl methyl sites for hydroxylation is 1. The van der Waals surface area contributed by atoms with Gasteiger partial charge in [-0.2, -0.15) is 0 Å². The smallest absolute Gasteiger partial charge is 0.336 e. The van der Waals surface area contributed by atoms with Crippen molar-refractivity contribution in [1.82, 2.24) is 0 Å². The van der Waals surface area contributed by atoms with Gasteiger partial charge in [0.2, 0.25) is 0 Å². The minimum Gasteiger partial charge on any atom is -0.544 e.